The van der Waals surface area contributed by atoms with Crippen molar-refractivity contribution in [2.24, 2.45) is 5.41 Å². The third-order valence-electron chi connectivity index (χ3n) is 3.11. The van der Waals surface area contributed by atoms with E-state index < -0.39 is 5.41 Å². The summed E-state index contributed by atoms with van der Waals surface area (Å²) in [6, 6.07) is 7.87. The smallest absolute Gasteiger partial charge is 0.242 e. The lowest BCUT2D eigenvalue weighted by atomic mass is 9.94. The Hall–Kier alpha value is -1.54. The number of methoxy groups -OCH3 is 1. The van der Waals surface area contributed by atoms with Gasteiger partial charge in [0.15, 0.2) is 0 Å². The summed E-state index contributed by atoms with van der Waals surface area (Å²) in [5.74, 6) is 0.622. The van der Waals surface area contributed by atoms with Crippen molar-refractivity contribution < 1.29 is 9.53 Å². The Balaban J connectivity index is 2.66. The van der Waals surface area contributed by atoms with Gasteiger partial charge in [-0.1, -0.05) is 6.07 Å². The summed E-state index contributed by atoms with van der Waals surface area (Å²) >= 11 is 3.44. The number of rotatable bonds is 5. The van der Waals surface area contributed by atoms with Crippen molar-refractivity contribution >= 4 is 21.8 Å². The number of benzene rings is 1. The third kappa shape index (κ3) is 3.97. The Bertz CT molecular complexity index is 535. The van der Waals surface area contributed by atoms with E-state index in [0.29, 0.717) is 6.54 Å². The lowest BCUT2D eigenvalue weighted by molar-refractivity contribution is -0.136. The summed E-state index contributed by atoms with van der Waals surface area (Å²) in [5, 5.41) is 8.98. The van der Waals surface area contributed by atoms with Crippen LogP contribution in [0, 0.1) is 16.7 Å². The number of amides is 1. The van der Waals surface area contributed by atoms with Crippen LogP contribution in [0.15, 0.2) is 22.7 Å². The van der Waals surface area contributed by atoms with Crippen LogP contribution < -0.4 is 4.74 Å². The van der Waals surface area contributed by atoms with Gasteiger partial charge in [0.05, 0.1) is 17.7 Å². The van der Waals surface area contributed by atoms with Gasteiger partial charge in [-0.05, 0) is 53.9 Å². The first-order chi connectivity index (χ1) is 9.31. The second kappa shape index (κ2) is 6.76. The van der Waals surface area contributed by atoms with Gasteiger partial charge in [0.2, 0.25) is 5.91 Å². The van der Waals surface area contributed by atoms with Gasteiger partial charge in [0, 0.05) is 13.6 Å². The van der Waals surface area contributed by atoms with E-state index in [1.165, 1.54) is 0 Å². The van der Waals surface area contributed by atoms with E-state index in [2.05, 4.69) is 15.9 Å². The first-order valence-electron chi connectivity index (χ1n) is 6.31. The first-order valence-corrected chi connectivity index (χ1v) is 7.10. The molecule has 0 unspecified atom stereocenters. The first kappa shape index (κ1) is 16.5. The van der Waals surface area contributed by atoms with Crippen molar-refractivity contribution in [2.75, 3.05) is 20.7 Å². The van der Waals surface area contributed by atoms with Crippen molar-refractivity contribution in [3.05, 3.63) is 28.2 Å². The zero-order chi connectivity index (χ0) is 15.3. The Kier molecular flexibility index (Phi) is 5.58. The number of halogens is 1. The standard InChI is InChI=1S/C15H19BrN2O2/c1-15(2,10-17)14(19)18(3)8-7-11-5-6-13(20-4)12(16)9-11/h5-6,9H,7-8H2,1-4H3. The van der Waals surface area contributed by atoms with E-state index in [1.54, 1.807) is 32.9 Å². The second-order valence-corrected chi connectivity index (χ2v) is 6.04. The van der Waals surface area contributed by atoms with Gasteiger partial charge >= 0.3 is 0 Å². The SMILES string of the molecule is COc1ccc(CCN(C)C(=O)C(C)(C)C#N)cc1Br. The molecule has 0 aliphatic rings. The molecule has 5 heteroatoms. The van der Waals surface area contributed by atoms with Crippen LogP contribution in [0.1, 0.15) is 19.4 Å². The van der Waals surface area contributed by atoms with Crippen molar-refractivity contribution in [1.29, 1.82) is 5.26 Å². The Morgan fingerprint density at radius 3 is 2.65 bits per heavy atom. The van der Waals surface area contributed by atoms with Crippen LogP contribution in [0.5, 0.6) is 5.75 Å². The van der Waals surface area contributed by atoms with Crippen molar-refractivity contribution in [1.82, 2.24) is 4.90 Å². The van der Waals surface area contributed by atoms with Crippen LogP contribution in [0.25, 0.3) is 0 Å². The molecule has 0 saturated heterocycles. The molecule has 0 bridgehead atoms. The number of likely N-dealkylation sites (N-methyl/N-ethyl adjacent to an activating group) is 1. The van der Waals surface area contributed by atoms with Gasteiger partial charge in [0.1, 0.15) is 11.2 Å². The van der Waals surface area contributed by atoms with E-state index in [4.69, 9.17) is 10.00 Å². The number of ether oxygens (including phenoxy) is 1. The number of hydrogen-bond acceptors (Lipinski definition) is 3. The molecule has 4 nitrogen and oxygen atoms in total. The highest BCUT2D eigenvalue weighted by Crippen LogP contribution is 2.26. The molecular formula is C15H19BrN2O2. The minimum absolute atomic E-state index is 0.160. The van der Waals surface area contributed by atoms with Gasteiger partial charge < -0.3 is 9.64 Å². The van der Waals surface area contributed by atoms with E-state index in [1.807, 2.05) is 24.3 Å². The quantitative estimate of drug-likeness (QED) is 0.829. The number of carbonyl (C=O) groups excluding carboxylic acids is 1. The number of nitriles is 1. The molecule has 0 radical (unpaired) electrons. The molecule has 108 valence electrons. The monoisotopic (exact) mass is 338 g/mol. The largest absolute Gasteiger partial charge is 0.496 e. The van der Waals surface area contributed by atoms with E-state index in [0.717, 1.165) is 22.2 Å². The van der Waals surface area contributed by atoms with Gasteiger partial charge in [0.25, 0.3) is 0 Å². The Morgan fingerprint density at radius 2 is 2.15 bits per heavy atom. The highest BCUT2D eigenvalue weighted by molar-refractivity contribution is 9.10. The molecule has 0 spiro atoms. The third-order valence-corrected chi connectivity index (χ3v) is 3.73. The highest BCUT2D eigenvalue weighted by atomic mass is 79.9. The fraction of sp³-hybridized carbons (Fsp3) is 0.467. The molecule has 1 rings (SSSR count). The van der Waals surface area contributed by atoms with Gasteiger partial charge in [-0.3, -0.25) is 4.79 Å². The predicted molar refractivity (Wildman–Crippen MR) is 81.4 cm³/mol. The molecular weight excluding hydrogens is 320 g/mol. The summed E-state index contributed by atoms with van der Waals surface area (Å²) < 4.78 is 6.07. The summed E-state index contributed by atoms with van der Waals surface area (Å²) in [6.07, 6.45) is 0.729. The molecule has 1 amide bonds. The molecule has 0 saturated carbocycles. The summed E-state index contributed by atoms with van der Waals surface area (Å²) in [7, 11) is 3.34. The minimum atomic E-state index is -0.977. The second-order valence-electron chi connectivity index (χ2n) is 5.18. The minimum Gasteiger partial charge on any atom is -0.496 e. The molecule has 0 N–H and O–H groups in total. The van der Waals surface area contributed by atoms with E-state index >= 15 is 0 Å². The zero-order valence-corrected chi connectivity index (χ0v) is 13.8. The molecule has 1 aromatic carbocycles. The number of carbonyl (C=O) groups is 1. The number of nitrogens with zero attached hydrogens (tertiary/aromatic N) is 2. The maximum absolute atomic E-state index is 12.1. The molecule has 20 heavy (non-hydrogen) atoms. The van der Waals surface area contributed by atoms with Crippen molar-refractivity contribution in [3.63, 3.8) is 0 Å². The van der Waals surface area contributed by atoms with Crippen LogP contribution in [-0.2, 0) is 11.2 Å². The molecule has 0 aliphatic carbocycles. The lowest BCUT2D eigenvalue weighted by Crippen LogP contribution is -2.38. The molecule has 1 aromatic rings. The van der Waals surface area contributed by atoms with Crippen LogP contribution in [0.2, 0.25) is 0 Å². The topological polar surface area (TPSA) is 53.3 Å². The summed E-state index contributed by atoms with van der Waals surface area (Å²) in [4.78, 5) is 13.7. The van der Waals surface area contributed by atoms with Crippen LogP contribution in [0.4, 0.5) is 0 Å². The maximum Gasteiger partial charge on any atom is 0.242 e. The van der Waals surface area contributed by atoms with Gasteiger partial charge in [-0.25, -0.2) is 0 Å². The molecule has 0 heterocycles. The van der Waals surface area contributed by atoms with Gasteiger partial charge in [-0.15, -0.1) is 0 Å². The summed E-state index contributed by atoms with van der Waals surface area (Å²) in [6.45, 7) is 3.84. The number of hydrogen-bond donors (Lipinski definition) is 0. The maximum atomic E-state index is 12.1. The average molecular weight is 339 g/mol. The zero-order valence-electron chi connectivity index (χ0n) is 12.2. The summed E-state index contributed by atoms with van der Waals surface area (Å²) in [5.41, 5.74) is 0.127. The van der Waals surface area contributed by atoms with E-state index in [9.17, 15) is 4.79 Å². The van der Waals surface area contributed by atoms with Gasteiger partial charge in [-0.2, -0.15) is 5.26 Å². The van der Waals surface area contributed by atoms with Crippen molar-refractivity contribution in [3.8, 4) is 11.8 Å². The Labute approximate surface area is 128 Å². The highest BCUT2D eigenvalue weighted by Gasteiger charge is 2.29. The molecule has 0 fully saturated rings. The normalized spacial score (nSPS) is 10.8. The van der Waals surface area contributed by atoms with E-state index in [-0.39, 0.29) is 5.91 Å². The van der Waals surface area contributed by atoms with Crippen LogP contribution >= 0.6 is 15.9 Å². The fourth-order valence-electron chi connectivity index (χ4n) is 1.79. The fourth-order valence-corrected chi connectivity index (χ4v) is 2.38. The molecule has 0 atom stereocenters. The Morgan fingerprint density at radius 1 is 1.50 bits per heavy atom. The lowest BCUT2D eigenvalue weighted by Gasteiger charge is -2.24. The van der Waals surface area contributed by atoms with Crippen molar-refractivity contribution in [2.45, 2.75) is 20.3 Å². The van der Waals surface area contributed by atoms with Crippen LogP contribution in [-0.4, -0.2) is 31.5 Å². The average Bonchev–Trinajstić information content (AvgIpc) is 2.44. The molecule has 0 aromatic heterocycles. The van der Waals surface area contributed by atoms with Crippen LogP contribution in [0.3, 0.4) is 0 Å². The predicted octanol–water partition coefficient (Wildman–Crippen LogP) is 3.01. The molecule has 0 aliphatic heterocycles.